The Labute approximate surface area is 75.2 Å². The molecule has 0 saturated carbocycles. The number of anilines is 1. The molecule has 0 bridgehead atoms. The molecule has 1 heterocycles. The number of hydrogen-bond donors (Lipinski definition) is 2. The highest BCUT2D eigenvalue weighted by Gasteiger charge is 2.13. The van der Waals surface area contributed by atoms with Gasteiger partial charge in [-0.25, -0.2) is 9.78 Å². The topological polar surface area (TPSA) is 85.4 Å². The van der Waals surface area contributed by atoms with Gasteiger partial charge >= 0.3 is 5.97 Å². The van der Waals surface area contributed by atoms with Crippen LogP contribution in [0.5, 0.6) is 5.75 Å². The van der Waals surface area contributed by atoms with Crippen LogP contribution in [0.3, 0.4) is 0 Å². The second-order valence-corrected chi connectivity index (χ2v) is 2.49. The number of pyridine rings is 1. The third-order valence-corrected chi connectivity index (χ3v) is 1.45. The number of carboxylic acid groups (broad SMARTS) is 1. The van der Waals surface area contributed by atoms with Gasteiger partial charge in [-0.05, 0) is 19.1 Å². The van der Waals surface area contributed by atoms with Crippen molar-refractivity contribution in [3.63, 3.8) is 0 Å². The SMILES string of the molecule is CC(Oc1cccnc1N)C(=O)O. The molecule has 1 atom stereocenters. The predicted molar refractivity (Wildman–Crippen MR) is 46.4 cm³/mol. The molecule has 1 rings (SSSR count). The van der Waals surface area contributed by atoms with E-state index >= 15 is 0 Å². The summed E-state index contributed by atoms with van der Waals surface area (Å²) in [4.78, 5) is 14.2. The van der Waals surface area contributed by atoms with Crippen molar-refractivity contribution in [1.29, 1.82) is 0 Å². The lowest BCUT2D eigenvalue weighted by Crippen LogP contribution is -2.23. The molecule has 0 saturated heterocycles. The zero-order valence-corrected chi connectivity index (χ0v) is 7.10. The van der Waals surface area contributed by atoms with Gasteiger partial charge in [0.05, 0.1) is 0 Å². The lowest BCUT2D eigenvalue weighted by atomic mass is 10.4. The first-order valence-corrected chi connectivity index (χ1v) is 3.71. The molecule has 0 aromatic carbocycles. The summed E-state index contributed by atoms with van der Waals surface area (Å²) >= 11 is 0. The number of carboxylic acids is 1. The first-order valence-electron chi connectivity index (χ1n) is 3.71. The highest BCUT2D eigenvalue weighted by Crippen LogP contribution is 2.18. The second-order valence-electron chi connectivity index (χ2n) is 2.49. The Morgan fingerprint density at radius 3 is 3.00 bits per heavy atom. The molecule has 0 aliphatic rings. The zero-order valence-electron chi connectivity index (χ0n) is 7.10. The molecule has 13 heavy (non-hydrogen) atoms. The molecule has 0 aliphatic heterocycles. The Morgan fingerprint density at radius 2 is 2.46 bits per heavy atom. The molecule has 1 aromatic rings. The standard InChI is InChI=1S/C8H10N2O3/c1-5(8(11)12)13-6-3-2-4-10-7(6)9/h2-5H,1H3,(H2,9,10)(H,11,12). The van der Waals surface area contributed by atoms with Gasteiger partial charge in [0.2, 0.25) is 0 Å². The van der Waals surface area contributed by atoms with E-state index < -0.39 is 12.1 Å². The van der Waals surface area contributed by atoms with Crippen LogP contribution in [-0.4, -0.2) is 22.2 Å². The number of carbonyl (C=O) groups is 1. The minimum Gasteiger partial charge on any atom is -0.479 e. The van der Waals surface area contributed by atoms with Crippen molar-refractivity contribution in [2.75, 3.05) is 5.73 Å². The first kappa shape index (κ1) is 9.31. The fourth-order valence-corrected chi connectivity index (χ4v) is 0.743. The predicted octanol–water partition coefficient (Wildman–Crippen LogP) is 0.516. The van der Waals surface area contributed by atoms with Crippen LogP contribution in [0.15, 0.2) is 18.3 Å². The molecular weight excluding hydrogens is 172 g/mol. The molecule has 3 N–H and O–H groups in total. The highest BCUT2D eigenvalue weighted by molar-refractivity contribution is 5.72. The summed E-state index contributed by atoms with van der Waals surface area (Å²) in [6.45, 7) is 1.43. The van der Waals surface area contributed by atoms with Gasteiger partial charge in [-0.15, -0.1) is 0 Å². The monoisotopic (exact) mass is 182 g/mol. The molecule has 0 spiro atoms. The number of aromatic nitrogens is 1. The van der Waals surface area contributed by atoms with Gasteiger partial charge in [0.1, 0.15) is 0 Å². The third kappa shape index (κ3) is 2.33. The number of nitrogens with zero attached hydrogens (tertiary/aromatic N) is 1. The molecule has 0 aliphatic carbocycles. The van der Waals surface area contributed by atoms with Crippen molar-refractivity contribution in [3.05, 3.63) is 18.3 Å². The van der Waals surface area contributed by atoms with Gasteiger partial charge in [0.15, 0.2) is 17.7 Å². The second kappa shape index (κ2) is 3.75. The van der Waals surface area contributed by atoms with Gasteiger partial charge in [0, 0.05) is 6.20 Å². The first-order chi connectivity index (χ1) is 6.11. The minimum atomic E-state index is -1.04. The van der Waals surface area contributed by atoms with Gasteiger partial charge in [-0.3, -0.25) is 0 Å². The Kier molecular flexibility index (Phi) is 2.69. The van der Waals surface area contributed by atoms with Crippen LogP contribution >= 0.6 is 0 Å². The molecule has 5 heteroatoms. The van der Waals surface area contributed by atoms with Crippen LogP contribution < -0.4 is 10.5 Å². The minimum absolute atomic E-state index is 0.190. The Balaban J connectivity index is 2.74. The summed E-state index contributed by atoms with van der Waals surface area (Å²) in [6, 6.07) is 3.20. The number of nitrogens with two attached hydrogens (primary N) is 1. The number of ether oxygens (including phenoxy) is 1. The van der Waals surface area contributed by atoms with E-state index in [1.54, 1.807) is 12.1 Å². The summed E-state index contributed by atoms with van der Waals surface area (Å²) in [5.74, 6) is -0.559. The molecule has 5 nitrogen and oxygen atoms in total. The van der Waals surface area contributed by atoms with Crippen LogP contribution in [0.1, 0.15) is 6.92 Å². The van der Waals surface area contributed by atoms with Crippen molar-refractivity contribution in [1.82, 2.24) is 4.98 Å². The van der Waals surface area contributed by atoms with E-state index in [9.17, 15) is 4.79 Å². The maximum Gasteiger partial charge on any atom is 0.344 e. The van der Waals surface area contributed by atoms with Gasteiger partial charge < -0.3 is 15.6 Å². The van der Waals surface area contributed by atoms with E-state index in [0.717, 1.165) is 0 Å². The molecule has 1 unspecified atom stereocenters. The maximum absolute atomic E-state index is 10.4. The summed E-state index contributed by atoms with van der Waals surface area (Å²) in [5, 5.41) is 8.55. The number of nitrogen functional groups attached to an aromatic ring is 1. The summed E-state index contributed by atoms with van der Waals surface area (Å²) in [6.07, 6.45) is 0.583. The Hall–Kier alpha value is -1.78. The highest BCUT2D eigenvalue weighted by atomic mass is 16.5. The average molecular weight is 182 g/mol. The summed E-state index contributed by atoms with van der Waals surface area (Å²) in [7, 11) is 0. The van der Waals surface area contributed by atoms with Crippen molar-refractivity contribution >= 4 is 11.8 Å². The lowest BCUT2D eigenvalue weighted by molar-refractivity contribution is -0.144. The van der Waals surface area contributed by atoms with E-state index in [2.05, 4.69) is 4.98 Å². The zero-order chi connectivity index (χ0) is 9.84. The number of hydrogen-bond acceptors (Lipinski definition) is 4. The van der Waals surface area contributed by atoms with Crippen molar-refractivity contribution in [3.8, 4) is 5.75 Å². The molecule has 0 radical (unpaired) electrons. The van der Waals surface area contributed by atoms with Crippen LogP contribution in [0.2, 0.25) is 0 Å². The van der Waals surface area contributed by atoms with Crippen LogP contribution in [0, 0.1) is 0 Å². The van der Waals surface area contributed by atoms with E-state index in [-0.39, 0.29) is 11.6 Å². The van der Waals surface area contributed by atoms with E-state index in [0.29, 0.717) is 0 Å². The largest absolute Gasteiger partial charge is 0.479 e. The van der Waals surface area contributed by atoms with Gasteiger partial charge in [0.25, 0.3) is 0 Å². The summed E-state index contributed by atoms with van der Waals surface area (Å²) in [5.41, 5.74) is 5.44. The average Bonchev–Trinajstić information content (AvgIpc) is 2.08. The van der Waals surface area contributed by atoms with Crippen molar-refractivity contribution in [2.45, 2.75) is 13.0 Å². The molecular formula is C8H10N2O3. The fourth-order valence-electron chi connectivity index (χ4n) is 0.743. The molecule has 70 valence electrons. The Bertz CT molecular complexity index is 314. The third-order valence-electron chi connectivity index (χ3n) is 1.45. The molecule has 0 fully saturated rings. The van der Waals surface area contributed by atoms with Crippen LogP contribution in [0.25, 0.3) is 0 Å². The number of rotatable bonds is 3. The normalized spacial score (nSPS) is 12.1. The fraction of sp³-hybridized carbons (Fsp3) is 0.250. The van der Waals surface area contributed by atoms with E-state index in [4.69, 9.17) is 15.6 Å². The summed E-state index contributed by atoms with van der Waals surface area (Å²) < 4.78 is 5.02. The quantitative estimate of drug-likeness (QED) is 0.711. The number of aliphatic carboxylic acids is 1. The van der Waals surface area contributed by atoms with E-state index in [1.807, 2.05) is 0 Å². The lowest BCUT2D eigenvalue weighted by Gasteiger charge is -2.10. The Morgan fingerprint density at radius 1 is 1.77 bits per heavy atom. The maximum atomic E-state index is 10.4. The molecule has 1 aromatic heterocycles. The van der Waals surface area contributed by atoms with Gasteiger partial charge in [-0.2, -0.15) is 0 Å². The molecule has 0 amide bonds. The van der Waals surface area contributed by atoms with Gasteiger partial charge in [-0.1, -0.05) is 0 Å². The van der Waals surface area contributed by atoms with Crippen LogP contribution in [-0.2, 0) is 4.79 Å². The van der Waals surface area contributed by atoms with Crippen molar-refractivity contribution < 1.29 is 14.6 Å². The van der Waals surface area contributed by atoms with Crippen molar-refractivity contribution in [2.24, 2.45) is 0 Å². The van der Waals surface area contributed by atoms with Crippen LogP contribution in [0.4, 0.5) is 5.82 Å². The smallest absolute Gasteiger partial charge is 0.344 e. The van der Waals surface area contributed by atoms with E-state index in [1.165, 1.54) is 13.1 Å².